The van der Waals surface area contributed by atoms with Gasteiger partial charge in [0.05, 0.1) is 11.4 Å². The lowest BCUT2D eigenvalue weighted by Crippen LogP contribution is -2.17. The zero-order valence-corrected chi connectivity index (χ0v) is 33.6. The summed E-state index contributed by atoms with van der Waals surface area (Å²) >= 11 is 0. The molecule has 0 heterocycles. The Bertz CT molecular complexity index is 2590. The van der Waals surface area contributed by atoms with Crippen LogP contribution in [-0.4, -0.2) is 0 Å². The van der Waals surface area contributed by atoms with E-state index >= 15 is 0 Å². The first-order chi connectivity index (χ1) is 28.0. The Balaban J connectivity index is 1.15. The molecule has 57 heavy (non-hydrogen) atoms. The summed E-state index contributed by atoms with van der Waals surface area (Å²) in [6.45, 7) is 4.86. The van der Waals surface area contributed by atoms with Crippen molar-refractivity contribution >= 4 is 27.8 Å². The van der Waals surface area contributed by atoms with E-state index in [9.17, 15) is 0 Å². The Morgan fingerprint density at radius 2 is 1.23 bits per heavy atom. The summed E-state index contributed by atoms with van der Waals surface area (Å²) in [5, 5.41) is 2.64. The molecule has 0 aliphatic heterocycles. The molecule has 2 bridgehead atoms. The van der Waals surface area contributed by atoms with Gasteiger partial charge in [0, 0.05) is 22.1 Å². The Morgan fingerprint density at radius 3 is 1.95 bits per heavy atom. The molecule has 0 aromatic heterocycles. The maximum atomic E-state index is 2.62. The highest BCUT2D eigenvalue weighted by Gasteiger charge is 2.41. The average molecular weight is 740 g/mol. The van der Waals surface area contributed by atoms with Crippen LogP contribution in [0.15, 0.2) is 152 Å². The SMILES string of the molecule is CC1(C)c2cc(N(c3ccc(C4CC5CCC4C5)cc3)c3cccc4ccc(C5CCCCC5)cc34)c(-c3ccccc3)cc2-c2c(-c3ccccc3)cccc21. The zero-order valence-electron chi connectivity index (χ0n) is 33.6. The molecule has 11 rings (SSSR count). The number of rotatable bonds is 7. The van der Waals surface area contributed by atoms with E-state index in [1.165, 1.54) is 141 Å². The predicted molar refractivity (Wildman–Crippen MR) is 241 cm³/mol. The molecule has 1 heteroatoms. The van der Waals surface area contributed by atoms with Crippen LogP contribution in [0.4, 0.5) is 17.1 Å². The van der Waals surface area contributed by atoms with Crippen molar-refractivity contribution in [3.05, 3.63) is 174 Å². The minimum atomic E-state index is -0.177. The Kier molecular flexibility index (Phi) is 8.50. The van der Waals surface area contributed by atoms with E-state index in [0.717, 1.165) is 11.8 Å². The normalized spacial score (nSPS) is 20.8. The molecule has 7 aromatic carbocycles. The molecular formula is C56H53N. The summed E-state index contributed by atoms with van der Waals surface area (Å²) < 4.78 is 0. The summed E-state index contributed by atoms with van der Waals surface area (Å²) in [7, 11) is 0. The van der Waals surface area contributed by atoms with Crippen molar-refractivity contribution in [2.75, 3.05) is 4.90 Å². The molecule has 0 spiro atoms. The van der Waals surface area contributed by atoms with Crippen LogP contribution in [-0.2, 0) is 5.41 Å². The number of fused-ring (bicyclic) bond motifs is 6. The Hall–Kier alpha value is -5.40. The molecule has 0 amide bonds. The fourth-order valence-corrected chi connectivity index (χ4v) is 11.8. The summed E-state index contributed by atoms with van der Waals surface area (Å²) in [6.07, 6.45) is 12.3. The number of nitrogens with zero attached hydrogens (tertiary/aromatic N) is 1. The van der Waals surface area contributed by atoms with Crippen molar-refractivity contribution in [1.82, 2.24) is 0 Å². The maximum absolute atomic E-state index is 2.62. The second-order valence-electron chi connectivity index (χ2n) is 18.3. The van der Waals surface area contributed by atoms with E-state index in [1.807, 2.05) is 0 Å². The average Bonchev–Trinajstić information content (AvgIpc) is 3.97. The van der Waals surface area contributed by atoms with Crippen LogP contribution in [0, 0.1) is 11.8 Å². The topological polar surface area (TPSA) is 3.24 Å². The van der Waals surface area contributed by atoms with E-state index in [2.05, 4.69) is 170 Å². The number of benzene rings is 7. The van der Waals surface area contributed by atoms with E-state index < -0.39 is 0 Å². The summed E-state index contributed by atoms with van der Waals surface area (Å²) in [5.41, 5.74) is 17.2. The van der Waals surface area contributed by atoms with Crippen LogP contribution in [0.3, 0.4) is 0 Å². The van der Waals surface area contributed by atoms with Gasteiger partial charge in [-0.25, -0.2) is 0 Å². The standard InChI is InChI=1S/C56H53N/c1-56(2)51-22-13-21-46(39-16-8-4-9-17-39)55(51)50-35-49(40-18-10-5-11-19-40)54(36-52(50)56)57(45-30-28-42(29-31-45)47-33-37-24-25-44(47)32-37)53-23-12-20-41-26-27-43(34-48(41)53)38-14-6-3-7-15-38/h4-5,8-13,16-23,26-31,34-38,44,47H,3,6-7,14-15,24-25,32-33H2,1-2H3. The van der Waals surface area contributed by atoms with E-state index in [4.69, 9.17) is 0 Å². The van der Waals surface area contributed by atoms with Crippen molar-refractivity contribution in [3.8, 4) is 33.4 Å². The van der Waals surface area contributed by atoms with Crippen LogP contribution in [0.1, 0.15) is 106 Å². The van der Waals surface area contributed by atoms with Gasteiger partial charge in [-0.3, -0.25) is 0 Å². The highest BCUT2D eigenvalue weighted by Crippen LogP contribution is 2.57. The predicted octanol–water partition coefficient (Wildman–Crippen LogP) is 15.9. The third-order valence-electron chi connectivity index (χ3n) is 14.7. The Labute approximate surface area is 339 Å². The maximum Gasteiger partial charge on any atom is 0.0543 e. The van der Waals surface area contributed by atoms with Crippen molar-refractivity contribution < 1.29 is 0 Å². The minimum absolute atomic E-state index is 0.177. The molecule has 0 saturated heterocycles. The van der Waals surface area contributed by atoms with Gasteiger partial charge < -0.3 is 4.90 Å². The fourth-order valence-electron chi connectivity index (χ4n) is 11.8. The lowest BCUT2D eigenvalue weighted by molar-refractivity contribution is 0.420. The van der Waals surface area contributed by atoms with Crippen molar-refractivity contribution in [2.45, 2.75) is 88.9 Å². The highest BCUT2D eigenvalue weighted by molar-refractivity contribution is 6.03. The van der Waals surface area contributed by atoms with Crippen molar-refractivity contribution in [1.29, 1.82) is 0 Å². The van der Waals surface area contributed by atoms with Crippen LogP contribution in [0.5, 0.6) is 0 Å². The quantitative estimate of drug-likeness (QED) is 0.157. The number of hydrogen-bond acceptors (Lipinski definition) is 1. The molecule has 3 atom stereocenters. The van der Waals surface area contributed by atoms with Crippen molar-refractivity contribution in [3.63, 3.8) is 0 Å². The monoisotopic (exact) mass is 739 g/mol. The second kappa shape index (κ2) is 13.9. The fraction of sp³-hybridized carbons (Fsp3) is 0.286. The van der Waals surface area contributed by atoms with Crippen LogP contribution >= 0.6 is 0 Å². The first-order valence-corrected chi connectivity index (χ1v) is 21.9. The van der Waals surface area contributed by atoms with Gasteiger partial charge in [0.1, 0.15) is 0 Å². The van der Waals surface area contributed by atoms with Gasteiger partial charge >= 0.3 is 0 Å². The first-order valence-electron chi connectivity index (χ1n) is 21.9. The number of anilines is 3. The van der Waals surface area contributed by atoms with E-state index in [1.54, 1.807) is 0 Å². The molecule has 1 nitrogen and oxygen atoms in total. The molecule has 0 radical (unpaired) electrons. The Morgan fingerprint density at radius 1 is 0.509 bits per heavy atom. The minimum Gasteiger partial charge on any atom is -0.309 e. The van der Waals surface area contributed by atoms with E-state index in [0.29, 0.717) is 11.8 Å². The summed E-state index contributed by atoms with van der Waals surface area (Å²) in [4.78, 5) is 2.62. The molecule has 4 aliphatic carbocycles. The molecule has 4 aliphatic rings. The first kappa shape index (κ1) is 34.8. The number of hydrogen-bond donors (Lipinski definition) is 0. The summed E-state index contributed by atoms with van der Waals surface area (Å²) in [5.74, 6) is 3.14. The lowest BCUT2D eigenvalue weighted by Gasteiger charge is -2.32. The molecule has 7 aromatic rings. The second-order valence-corrected chi connectivity index (χ2v) is 18.3. The lowest BCUT2D eigenvalue weighted by atomic mass is 9.81. The van der Waals surface area contributed by atoms with Gasteiger partial charge in [-0.2, -0.15) is 0 Å². The van der Waals surface area contributed by atoms with E-state index in [-0.39, 0.29) is 5.41 Å². The summed E-state index contributed by atoms with van der Waals surface area (Å²) in [6, 6.07) is 58.4. The molecular weight excluding hydrogens is 687 g/mol. The third kappa shape index (κ3) is 5.88. The van der Waals surface area contributed by atoms with Gasteiger partial charge in [-0.1, -0.05) is 155 Å². The largest absolute Gasteiger partial charge is 0.309 e. The van der Waals surface area contributed by atoms with Gasteiger partial charge in [-0.15, -0.1) is 0 Å². The highest BCUT2D eigenvalue weighted by atomic mass is 15.1. The molecule has 3 unspecified atom stereocenters. The van der Waals surface area contributed by atoms with Gasteiger partial charge in [-0.05, 0) is 148 Å². The zero-order chi connectivity index (χ0) is 38.1. The van der Waals surface area contributed by atoms with Crippen molar-refractivity contribution in [2.24, 2.45) is 11.8 Å². The smallest absolute Gasteiger partial charge is 0.0543 e. The molecule has 3 fully saturated rings. The molecule has 3 saturated carbocycles. The van der Waals surface area contributed by atoms with Gasteiger partial charge in [0.2, 0.25) is 0 Å². The third-order valence-corrected chi connectivity index (χ3v) is 14.7. The van der Waals surface area contributed by atoms with Crippen LogP contribution in [0.25, 0.3) is 44.2 Å². The molecule has 0 N–H and O–H groups in total. The van der Waals surface area contributed by atoms with Gasteiger partial charge in [0.15, 0.2) is 0 Å². The van der Waals surface area contributed by atoms with Crippen LogP contribution in [0.2, 0.25) is 0 Å². The van der Waals surface area contributed by atoms with Gasteiger partial charge in [0.25, 0.3) is 0 Å². The van der Waals surface area contributed by atoms with Crippen LogP contribution < -0.4 is 4.90 Å². The molecule has 282 valence electrons.